The van der Waals surface area contributed by atoms with Gasteiger partial charge in [-0.15, -0.1) is 0 Å². The van der Waals surface area contributed by atoms with Crippen LogP contribution in [-0.4, -0.2) is 99.5 Å². The van der Waals surface area contributed by atoms with Gasteiger partial charge in [0.15, 0.2) is 6.29 Å². The van der Waals surface area contributed by atoms with E-state index in [1.54, 1.807) is 0 Å². The lowest BCUT2D eigenvalue weighted by Crippen LogP contribution is -2.65. The van der Waals surface area contributed by atoms with Gasteiger partial charge in [0.2, 0.25) is 11.8 Å². The monoisotopic (exact) mass is 899 g/mol. The Kier molecular flexibility index (Phi) is 39.8. The van der Waals surface area contributed by atoms with Crippen LogP contribution in [0.4, 0.5) is 0 Å². The van der Waals surface area contributed by atoms with Gasteiger partial charge in [-0.05, 0) is 12.8 Å². The highest BCUT2D eigenvalue weighted by Gasteiger charge is 2.46. The first-order valence-corrected chi connectivity index (χ1v) is 26.8. The Morgan fingerprint density at radius 3 is 1.29 bits per heavy atom. The average molecular weight is 899 g/mol. The first-order valence-electron chi connectivity index (χ1n) is 26.8. The maximum absolute atomic E-state index is 13.2. The van der Waals surface area contributed by atoms with Crippen molar-refractivity contribution in [2.24, 2.45) is 0 Å². The quantitative estimate of drug-likeness (QED) is 0.0293. The minimum atomic E-state index is -1.49. The van der Waals surface area contributed by atoms with Crippen molar-refractivity contribution in [2.75, 3.05) is 13.2 Å². The highest BCUT2D eigenvalue weighted by Crippen LogP contribution is 2.24. The number of ether oxygens (including phenoxy) is 2. The summed E-state index contributed by atoms with van der Waals surface area (Å²) in [6.07, 6.45) is 37.1. The molecular weight excluding hydrogens is 797 g/mol. The van der Waals surface area contributed by atoms with Crippen LogP contribution in [0.15, 0.2) is 0 Å². The molecule has 1 fully saturated rings. The van der Waals surface area contributed by atoms with Gasteiger partial charge in [0, 0.05) is 13.3 Å². The van der Waals surface area contributed by atoms with Gasteiger partial charge in [-0.25, -0.2) is 0 Å². The fourth-order valence-electron chi connectivity index (χ4n) is 9.02. The molecule has 1 aliphatic heterocycles. The number of aliphatic hydroxyl groups is 5. The van der Waals surface area contributed by atoms with Crippen LogP contribution in [0.2, 0.25) is 0 Å². The number of aliphatic hydroxyl groups excluding tert-OH is 5. The van der Waals surface area contributed by atoms with Crippen molar-refractivity contribution < 1.29 is 44.6 Å². The molecule has 7 N–H and O–H groups in total. The molecule has 2 amide bonds. The smallest absolute Gasteiger partial charge is 0.220 e. The zero-order valence-corrected chi connectivity index (χ0v) is 41.1. The van der Waals surface area contributed by atoms with E-state index in [-0.39, 0.29) is 18.9 Å². The van der Waals surface area contributed by atoms with Gasteiger partial charge in [-0.2, -0.15) is 0 Å². The normalized spacial score (nSPS) is 20.4. The Hall–Kier alpha value is -1.34. The van der Waals surface area contributed by atoms with E-state index in [2.05, 4.69) is 24.5 Å². The average Bonchev–Trinajstić information content (AvgIpc) is 3.27. The van der Waals surface area contributed by atoms with Gasteiger partial charge >= 0.3 is 0 Å². The van der Waals surface area contributed by atoms with E-state index < -0.39 is 61.4 Å². The van der Waals surface area contributed by atoms with Crippen molar-refractivity contribution in [3.8, 4) is 0 Å². The summed E-state index contributed by atoms with van der Waals surface area (Å²) in [6, 6.07) is -2.15. The van der Waals surface area contributed by atoms with Crippen LogP contribution < -0.4 is 10.6 Å². The summed E-state index contributed by atoms with van der Waals surface area (Å²) in [7, 11) is 0. The molecule has 0 spiro atoms. The number of nitrogens with one attached hydrogen (secondary N) is 2. The number of rotatable bonds is 45. The third-order valence-electron chi connectivity index (χ3n) is 13.2. The molecule has 0 radical (unpaired) electrons. The molecule has 1 aliphatic rings. The van der Waals surface area contributed by atoms with Crippen LogP contribution in [0.5, 0.6) is 0 Å². The minimum Gasteiger partial charge on any atom is -0.394 e. The number of hydrogen-bond acceptors (Lipinski definition) is 9. The summed E-state index contributed by atoms with van der Waals surface area (Å²) < 4.78 is 11.7. The van der Waals surface area contributed by atoms with Gasteiger partial charge in [-0.3, -0.25) is 9.59 Å². The van der Waals surface area contributed by atoms with Crippen LogP contribution in [0.1, 0.15) is 258 Å². The lowest BCUT2D eigenvalue weighted by atomic mass is 9.96. The topological polar surface area (TPSA) is 178 Å². The van der Waals surface area contributed by atoms with E-state index in [4.69, 9.17) is 9.47 Å². The van der Waals surface area contributed by atoms with Crippen molar-refractivity contribution in [3.63, 3.8) is 0 Å². The summed E-state index contributed by atoms with van der Waals surface area (Å²) in [6.45, 7) is 4.90. The first-order chi connectivity index (χ1) is 30.7. The third kappa shape index (κ3) is 32.1. The summed E-state index contributed by atoms with van der Waals surface area (Å²) >= 11 is 0. The minimum absolute atomic E-state index is 0.254. The maximum atomic E-state index is 13.2. The number of amides is 2. The lowest BCUT2D eigenvalue weighted by molar-refractivity contribution is -0.272. The predicted octanol–water partition coefficient (Wildman–Crippen LogP) is 10.6. The summed E-state index contributed by atoms with van der Waals surface area (Å²) in [5.74, 6) is -0.737. The molecule has 374 valence electrons. The second kappa shape index (κ2) is 42.0. The van der Waals surface area contributed by atoms with E-state index in [1.165, 1.54) is 180 Å². The van der Waals surface area contributed by atoms with Gasteiger partial charge in [0.1, 0.15) is 30.5 Å². The largest absolute Gasteiger partial charge is 0.394 e. The Morgan fingerprint density at radius 1 is 0.556 bits per heavy atom. The SMILES string of the molecule is CCCCCCCCCCCCCCCCCCCCCCCCCC(=O)N[C@@H](CO[C@@H]1O[C@H](CO)[C@@H](O)[C@H](O)[C@H]1NC(C)=O)[C@H](O)[C@H](O)CCCCCCCCCCCCCC. The van der Waals surface area contributed by atoms with Crippen LogP contribution >= 0.6 is 0 Å². The zero-order chi connectivity index (χ0) is 46.2. The molecule has 1 rings (SSSR count). The molecule has 0 aromatic heterocycles. The summed E-state index contributed by atoms with van der Waals surface area (Å²) in [5, 5.41) is 58.6. The third-order valence-corrected chi connectivity index (χ3v) is 13.2. The van der Waals surface area contributed by atoms with E-state index in [9.17, 15) is 35.1 Å². The van der Waals surface area contributed by atoms with Crippen LogP contribution in [-0.2, 0) is 19.1 Å². The van der Waals surface area contributed by atoms with E-state index in [0.717, 1.165) is 44.9 Å². The Morgan fingerprint density at radius 2 is 0.921 bits per heavy atom. The first kappa shape index (κ1) is 59.7. The highest BCUT2D eigenvalue weighted by molar-refractivity contribution is 5.76. The van der Waals surface area contributed by atoms with Crippen molar-refractivity contribution >= 4 is 11.8 Å². The van der Waals surface area contributed by atoms with Crippen LogP contribution in [0.25, 0.3) is 0 Å². The van der Waals surface area contributed by atoms with E-state index >= 15 is 0 Å². The molecule has 11 heteroatoms. The second-order valence-corrected chi connectivity index (χ2v) is 19.2. The molecule has 8 atom stereocenters. The molecule has 1 heterocycles. The molecule has 0 saturated carbocycles. The van der Waals surface area contributed by atoms with Crippen molar-refractivity contribution in [1.82, 2.24) is 10.6 Å². The molecule has 0 aliphatic carbocycles. The van der Waals surface area contributed by atoms with Gasteiger partial charge in [0.05, 0.1) is 25.4 Å². The fourth-order valence-corrected chi connectivity index (χ4v) is 9.02. The molecule has 63 heavy (non-hydrogen) atoms. The molecule has 0 aromatic carbocycles. The van der Waals surface area contributed by atoms with Crippen molar-refractivity contribution in [3.05, 3.63) is 0 Å². The molecule has 1 saturated heterocycles. The second-order valence-electron chi connectivity index (χ2n) is 19.2. The summed E-state index contributed by atoms with van der Waals surface area (Å²) in [4.78, 5) is 25.1. The molecule has 0 aromatic rings. The standard InChI is InChI=1S/C52H102N2O9/c1-4-6-8-10-12-14-16-18-19-20-21-22-23-24-25-26-27-28-30-32-34-36-38-40-47(58)54-44(42-62-52-48(53-43(3)56)51(61)50(60)46(41-55)63-52)49(59)45(57)39-37-35-33-31-29-17-15-13-11-9-7-5-2/h44-46,48-52,55,57,59-61H,4-42H2,1-3H3,(H,53,56)(H,54,58)/t44-,45+,46+,48+,49-,50+,51+,52+/m0/s1. The number of unbranched alkanes of at least 4 members (excludes halogenated alkanes) is 33. The highest BCUT2D eigenvalue weighted by atomic mass is 16.7. The Bertz CT molecular complexity index is 1040. The number of hydrogen-bond donors (Lipinski definition) is 7. The molecule has 11 nitrogen and oxygen atoms in total. The van der Waals surface area contributed by atoms with Crippen molar-refractivity contribution in [2.45, 2.75) is 307 Å². The molecule has 0 bridgehead atoms. The maximum Gasteiger partial charge on any atom is 0.220 e. The Balaban J connectivity index is 2.38. The van der Waals surface area contributed by atoms with Crippen LogP contribution in [0.3, 0.4) is 0 Å². The molecular formula is C52H102N2O9. The fraction of sp³-hybridized carbons (Fsp3) is 0.962. The number of carbonyl (C=O) groups is 2. The number of carbonyl (C=O) groups excluding carboxylic acids is 2. The lowest BCUT2D eigenvalue weighted by Gasteiger charge is -2.42. The summed E-state index contributed by atoms with van der Waals surface area (Å²) in [5.41, 5.74) is 0. The van der Waals surface area contributed by atoms with E-state index in [0.29, 0.717) is 12.8 Å². The van der Waals surface area contributed by atoms with Gasteiger partial charge in [0.25, 0.3) is 0 Å². The van der Waals surface area contributed by atoms with Gasteiger partial charge in [-0.1, -0.05) is 232 Å². The van der Waals surface area contributed by atoms with Crippen LogP contribution in [0, 0.1) is 0 Å². The van der Waals surface area contributed by atoms with Crippen molar-refractivity contribution in [1.29, 1.82) is 0 Å². The molecule has 0 unspecified atom stereocenters. The van der Waals surface area contributed by atoms with Gasteiger partial charge < -0.3 is 45.6 Å². The zero-order valence-electron chi connectivity index (χ0n) is 41.1. The Labute approximate surface area is 386 Å². The van der Waals surface area contributed by atoms with E-state index in [1.807, 2.05) is 0 Å². The predicted molar refractivity (Wildman–Crippen MR) is 257 cm³/mol.